The Morgan fingerprint density at radius 2 is 1.95 bits per heavy atom. The van der Waals surface area contributed by atoms with Crippen molar-refractivity contribution in [3.8, 4) is 0 Å². The van der Waals surface area contributed by atoms with Crippen LogP contribution in [0.4, 0.5) is 0 Å². The smallest absolute Gasteiger partial charge is 0.255 e. The predicted octanol–water partition coefficient (Wildman–Crippen LogP) is 1.33. The summed E-state index contributed by atoms with van der Waals surface area (Å²) < 4.78 is 5.50. The highest BCUT2D eigenvalue weighted by molar-refractivity contribution is 5.33. The van der Waals surface area contributed by atoms with Gasteiger partial charge in [0.15, 0.2) is 0 Å². The molecule has 2 aromatic rings. The van der Waals surface area contributed by atoms with E-state index in [4.69, 9.17) is 10.5 Å². The summed E-state index contributed by atoms with van der Waals surface area (Å²) >= 11 is 0. The van der Waals surface area contributed by atoms with Crippen LogP contribution in [0.25, 0.3) is 0 Å². The molecule has 2 heterocycles. The summed E-state index contributed by atoms with van der Waals surface area (Å²) in [6, 6.07) is 10.2. The van der Waals surface area contributed by atoms with Gasteiger partial charge in [-0.2, -0.15) is 0 Å². The first-order valence-electron chi connectivity index (χ1n) is 7.18. The second-order valence-electron chi connectivity index (χ2n) is 5.35. The monoisotopic (exact) mass is 285 g/mol. The zero-order valence-corrected chi connectivity index (χ0v) is 11.8. The molecule has 1 aromatic carbocycles. The number of H-pyrrole nitrogens is 1. The first-order chi connectivity index (χ1) is 10.3. The van der Waals surface area contributed by atoms with Gasteiger partial charge in [0.1, 0.15) is 5.82 Å². The molecule has 3 N–H and O–H groups in total. The van der Waals surface area contributed by atoms with Gasteiger partial charge in [0.2, 0.25) is 0 Å². The Labute approximate surface area is 123 Å². The summed E-state index contributed by atoms with van der Waals surface area (Å²) in [7, 11) is 0. The van der Waals surface area contributed by atoms with E-state index >= 15 is 0 Å². The molecule has 1 saturated heterocycles. The van der Waals surface area contributed by atoms with Gasteiger partial charge in [0.25, 0.3) is 5.56 Å². The van der Waals surface area contributed by atoms with Gasteiger partial charge in [-0.1, -0.05) is 30.3 Å². The summed E-state index contributed by atoms with van der Waals surface area (Å²) in [6.45, 7) is 1.53. The molecule has 0 atom stereocenters. The Morgan fingerprint density at radius 3 is 2.57 bits per heavy atom. The number of nitrogens with two attached hydrogens (primary N) is 1. The van der Waals surface area contributed by atoms with Crippen molar-refractivity contribution in [3.63, 3.8) is 0 Å². The first-order valence-corrected chi connectivity index (χ1v) is 7.18. The first kappa shape index (κ1) is 14.0. The summed E-state index contributed by atoms with van der Waals surface area (Å²) in [6.07, 6.45) is 3.21. The molecule has 21 heavy (non-hydrogen) atoms. The van der Waals surface area contributed by atoms with Crippen molar-refractivity contribution in [3.05, 3.63) is 63.8 Å². The average Bonchev–Trinajstić information content (AvgIpc) is 2.56. The average molecular weight is 285 g/mol. The number of hydrogen-bond donors (Lipinski definition) is 2. The zero-order chi connectivity index (χ0) is 14.7. The molecule has 0 spiro atoms. The Hall–Kier alpha value is -1.98. The quantitative estimate of drug-likeness (QED) is 0.891. The minimum absolute atomic E-state index is 0.149. The number of aromatic nitrogens is 2. The van der Waals surface area contributed by atoms with Crippen molar-refractivity contribution in [1.29, 1.82) is 0 Å². The van der Waals surface area contributed by atoms with E-state index in [2.05, 4.69) is 22.1 Å². The molecule has 0 saturated carbocycles. The fourth-order valence-electron chi connectivity index (χ4n) is 2.95. The van der Waals surface area contributed by atoms with E-state index in [1.54, 1.807) is 6.20 Å². The third kappa shape index (κ3) is 2.50. The molecule has 0 amide bonds. The number of rotatable bonds is 3. The van der Waals surface area contributed by atoms with Crippen molar-refractivity contribution >= 4 is 0 Å². The van der Waals surface area contributed by atoms with Crippen molar-refractivity contribution in [2.45, 2.75) is 24.8 Å². The van der Waals surface area contributed by atoms with Gasteiger partial charge in [0.05, 0.1) is 5.41 Å². The van der Waals surface area contributed by atoms with E-state index in [1.165, 1.54) is 0 Å². The number of hydrogen-bond acceptors (Lipinski definition) is 4. The predicted molar refractivity (Wildman–Crippen MR) is 80.0 cm³/mol. The zero-order valence-electron chi connectivity index (χ0n) is 11.8. The topological polar surface area (TPSA) is 81.0 Å². The van der Waals surface area contributed by atoms with E-state index in [9.17, 15) is 4.79 Å². The molecule has 3 rings (SSSR count). The third-order valence-electron chi connectivity index (χ3n) is 4.22. The number of benzene rings is 1. The maximum atomic E-state index is 12.1. The van der Waals surface area contributed by atoms with E-state index < -0.39 is 0 Å². The van der Waals surface area contributed by atoms with E-state index in [1.807, 2.05) is 18.2 Å². The summed E-state index contributed by atoms with van der Waals surface area (Å²) in [5, 5.41) is 0. The molecular formula is C16H19N3O2. The van der Waals surface area contributed by atoms with E-state index in [0.29, 0.717) is 24.6 Å². The van der Waals surface area contributed by atoms with Gasteiger partial charge in [-0.15, -0.1) is 0 Å². The van der Waals surface area contributed by atoms with Crippen LogP contribution in [0, 0.1) is 0 Å². The number of nitrogens with zero attached hydrogens (tertiary/aromatic N) is 1. The lowest BCUT2D eigenvalue weighted by Gasteiger charge is -2.36. The van der Waals surface area contributed by atoms with Crippen LogP contribution >= 0.6 is 0 Å². The fourth-order valence-corrected chi connectivity index (χ4v) is 2.95. The van der Waals surface area contributed by atoms with Gasteiger partial charge < -0.3 is 15.5 Å². The highest BCUT2D eigenvalue weighted by Gasteiger charge is 2.38. The Balaban J connectivity index is 2.12. The molecule has 0 bridgehead atoms. The van der Waals surface area contributed by atoms with Crippen molar-refractivity contribution in [1.82, 2.24) is 9.97 Å². The Morgan fingerprint density at radius 1 is 1.24 bits per heavy atom. The summed E-state index contributed by atoms with van der Waals surface area (Å²) in [5.41, 5.74) is 6.78. The van der Waals surface area contributed by atoms with Crippen LogP contribution in [-0.4, -0.2) is 23.2 Å². The molecular weight excluding hydrogens is 266 g/mol. The van der Waals surface area contributed by atoms with Crippen LogP contribution in [0.15, 0.2) is 41.3 Å². The molecule has 1 aliphatic heterocycles. The van der Waals surface area contributed by atoms with E-state index in [0.717, 1.165) is 18.4 Å². The summed E-state index contributed by atoms with van der Waals surface area (Å²) in [5.74, 6) is 0.708. The standard InChI is InChI=1S/C16H19N3O2/c17-10-12-11-18-15(19-14(12)20)16(6-8-21-9-7-16)13-4-2-1-3-5-13/h1-5,11H,6-10,17H2,(H,18,19,20). The van der Waals surface area contributed by atoms with Gasteiger partial charge in [-0.3, -0.25) is 4.79 Å². The number of aromatic amines is 1. The highest BCUT2D eigenvalue weighted by atomic mass is 16.5. The second-order valence-corrected chi connectivity index (χ2v) is 5.35. The van der Waals surface area contributed by atoms with Crippen molar-refractivity contribution in [2.75, 3.05) is 13.2 Å². The molecule has 5 heteroatoms. The van der Waals surface area contributed by atoms with Crippen LogP contribution in [0.3, 0.4) is 0 Å². The lowest BCUT2D eigenvalue weighted by molar-refractivity contribution is 0.0603. The molecule has 1 aliphatic rings. The Bertz CT molecular complexity index is 661. The van der Waals surface area contributed by atoms with Crippen LogP contribution in [0.5, 0.6) is 0 Å². The van der Waals surface area contributed by atoms with Crippen LogP contribution < -0.4 is 11.3 Å². The fraction of sp³-hybridized carbons (Fsp3) is 0.375. The van der Waals surface area contributed by atoms with Crippen LogP contribution in [0.1, 0.15) is 29.8 Å². The van der Waals surface area contributed by atoms with E-state index in [-0.39, 0.29) is 17.5 Å². The third-order valence-corrected chi connectivity index (χ3v) is 4.22. The lowest BCUT2D eigenvalue weighted by Crippen LogP contribution is -2.38. The molecule has 110 valence electrons. The molecule has 1 aromatic heterocycles. The SMILES string of the molecule is NCc1cnc(C2(c3ccccc3)CCOCC2)[nH]c1=O. The highest BCUT2D eigenvalue weighted by Crippen LogP contribution is 2.38. The van der Waals surface area contributed by atoms with Crippen LogP contribution in [-0.2, 0) is 16.7 Å². The molecule has 0 radical (unpaired) electrons. The maximum absolute atomic E-state index is 12.1. The van der Waals surface area contributed by atoms with Gasteiger partial charge in [-0.25, -0.2) is 4.98 Å². The molecule has 0 aliphatic carbocycles. The lowest BCUT2D eigenvalue weighted by atomic mass is 9.73. The minimum Gasteiger partial charge on any atom is -0.381 e. The van der Waals surface area contributed by atoms with Crippen LogP contribution in [0.2, 0.25) is 0 Å². The largest absolute Gasteiger partial charge is 0.381 e. The Kier molecular flexibility index (Phi) is 3.86. The summed E-state index contributed by atoms with van der Waals surface area (Å²) in [4.78, 5) is 19.5. The minimum atomic E-state index is -0.286. The second kappa shape index (κ2) is 5.79. The van der Waals surface area contributed by atoms with Gasteiger partial charge in [-0.05, 0) is 18.4 Å². The molecule has 5 nitrogen and oxygen atoms in total. The van der Waals surface area contributed by atoms with Crippen molar-refractivity contribution in [2.24, 2.45) is 5.73 Å². The van der Waals surface area contributed by atoms with Gasteiger partial charge in [0, 0.05) is 31.5 Å². The molecule has 1 fully saturated rings. The normalized spacial score (nSPS) is 17.6. The maximum Gasteiger partial charge on any atom is 0.255 e. The number of ether oxygens (including phenoxy) is 1. The van der Waals surface area contributed by atoms with Crippen molar-refractivity contribution < 1.29 is 4.74 Å². The van der Waals surface area contributed by atoms with Gasteiger partial charge >= 0.3 is 0 Å². The number of nitrogens with one attached hydrogen (secondary N) is 1. The molecule has 0 unspecified atom stereocenters.